The van der Waals surface area contributed by atoms with Crippen molar-refractivity contribution in [1.82, 2.24) is 9.88 Å². The van der Waals surface area contributed by atoms with E-state index in [1.165, 1.54) is 0 Å². The van der Waals surface area contributed by atoms with Gasteiger partial charge in [-0.1, -0.05) is 0 Å². The van der Waals surface area contributed by atoms with Crippen LogP contribution in [0.2, 0.25) is 0 Å². The summed E-state index contributed by atoms with van der Waals surface area (Å²) in [5.74, 6) is -0.113. The molecule has 5 nitrogen and oxygen atoms in total. The molecule has 1 atom stereocenters. The highest BCUT2D eigenvalue weighted by atomic mass is 16.4. The van der Waals surface area contributed by atoms with Crippen LogP contribution in [0.25, 0.3) is 0 Å². The largest absolute Gasteiger partial charge is 0.478 e. The van der Waals surface area contributed by atoms with Crippen LogP contribution in [0.5, 0.6) is 0 Å². The molecule has 2 aromatic heterocycles. The number of aromatic carboxylic acids is 1. The van der Waals surface area contributed by atoms with Gasteiger partial charge in [-0.05, 0) is 38.2 Å². The van der Waals surface area contributed by atoms with Gasteiger partial charge >= 0.3 is 5.97 Å². The van der Waals surface area contributed by atoms with Gasteiger partial charge in [-0.15, -0.1) is 0 Å². The highest BCUT2D eigenvalue weighted by Crippen LogP contribution is 2.21. The Balaban J connectivity index is 2.15. The Labute approximate surface area is 111 Å². The summed E-state index contributed by atoms with van der Waals surface area (Å²) in [6.45, 7) is 2.45. The van der Waals surface area contributed by atoms with E-state index in [4.69, 9.17) is 9.52 Å². The van der Waals surface area contributed by atoms with E-state index in [-0.39, 0.29) is 11.6 Å². The van der Waals surface area contributed by atoms with Gasteiger partial charge in [0.05, 0.1) is 23.6 Å². The molecule has 0 saturated heterocycles. The van der Waals surface area contributed by atoms with E-state index in [1.807, 2.05) is 31.0 Å². The molecule has 0 amide bonds. The van der Waals surface area contributed by atoms with Gasteiger partial charge in [0.1, 0.15) is 5.76 Å². The van der Waals surface area contributed by atoms with Gasteiger partial charge in [0.15, 0.2) is 0 Å². The molecule has 19 heavy (non-hydrogen) atoms. The highest BCUT2D eigenvalue weighted by molar-refractivity contribution is 5.88. The molecule has 2 aromatic rings. The topological polar surface area (TPSA) is 66.6 Å². The number of furan rings is 1. The van der Waals surface area contributed by atoms with Crippen molar-refractivity contribution in [1.29, 1.82) is 0 Å². The smallest absolute Gasteiger partial charge is 0.337 e. The average Bonchev–Trinajstić information content (AvgIpc) is 2.92. The minimum atomic E-state index is -0.956. The maximum absolute atomic E-state index is 11.1. The maximum Gasteiger partial charge on any atom is 0.337 e. The zero-order chi connectivity index (χ0) is 13.8. The van der Waals surface area contributed by atoms with Crippen LogP contribution < -0.4 is 0 Å². The molecule has 0 spiro atoms. The Morgan fingerprint density at radius 3 is 2.89 bits per heavy atom. The van der Waals surface area contributed by atoms with Gasteiger partial charge in [0.2, 0.25) is 0 Å². The minimum Gasteiger partial charge on any atom is -0.478 e. The summed E-state index contributed by atoms with van der Waals surface area (Å²) >= 11 is 0. The third-order valence-electron chi connectivity index (χ3n) is 3.14. The number of carboxylic acids is 1. The maximum atomic E-state index is 11.1. The van der Waals surface area contributed by atoms with Crippen molar-refractivity contribution in [2.45, 2.75) is 19.5 Å². The van der Waals surface area contributed by atoms with Gasteiger partial charge in [-0.2, -0.15) is 0 Å². The Hall–Kier alpha value is -2.14. The fourth-order valence-corrected chi connectivity index (χ4v) is 1.88. The monoisotopic (exact) mass is 260 g/mol. The molecule has 0 radical (unpaired) electrons. The predicted molar refractivity (Wildman–Crippen MR) is 69.8 cm³/mol. The Morgan fingerprint density at radius 1 is 1.47 bits per heavy atom. The molecular weight excluding hydrogens is 244 g/mol. The van der Waals surface area contributed by atoms with Crippen LogP contribution >= 0.6 is 0 Å². The molecule has 0 aliphatic heterocycles. The predicted octanol–water partition coefficient (Wildman–Crippen LogP) is 2.57. The van der Waals surface area contributed by atoms with Crippen LogP contribution in [0.4, 0.5) is 0 Å². The molecule has 100 valence electrons. The molecule has 0 unspecified atom stereocenters. The van der Waals surface area contributed by atoms with Gasteiger partial charge < -0.3 is 9.52 Å². The third kappa shape index (κ3) is 3.00. The summed E-state index contributed by atoms with van der Waals surface area (Å²) in [4.78, 5) is 17.3. The van der Waals surface area contributed by atoms with Crippen molar-refractivity contribution < 1.29 is 14.3 Å². The molecule has 5 heteroatoms. The molecule has 2 heterocycles. The van der Waals surface area contributed by atoms with Crippen LogP contribution in [0.1, 0.15) is 34.8 Å². The SMILES string of the molecule is C[C@H](c1ccco1)N(C)Cc1ncccc1C(=O)O. The molecular formula is C14H16N2O3. The van der Waals surface area contributed by atoms with Crippen LogP contribution in [-0.2, 0) is 6.54 Å². The van der Waals surface area contributed by atoms with Gasteiger partial charge in [-0.3, -0.25) is 9.88 Å². The van der Waals surface area contributed by atoms with E-state index in [0.29, 0.717) is 12.2 Å². The van der Waals surface area contributed by atoms with Crippen molar-refractivity contribution in [3.05, 3.63) is 53.7 Å². The van der Waals surface area contributed by atoms with Crippen LogP contribution in [0, 0.1) is 0 Å². The van der Waals surface area contributed by atoms with Crippen molar-refractivity contribution in [3.63, 3.8) is 0 Å². The lowest BCUT2D eigenvalue weighted by Gasteiger charge is -2.23. The number of carbonyl (C=O) groups is 1. The Bertz CT molecular complexity index is 552. The van der Waals surface area contributed by atoms with E-state index in [1.54, 1.807) is 24.6 Å². The highest BCUT2D eigenvalue weighted by Gasteiger charge is 2.18. The summed E-state index contributed by atoms with van der Waals surface area (Å²) < 4.78 is 5.35. The average molecular weight is 260 g/mol. The summed E-state index contributed by atoms with van der Waals surface area (Å²) in [5, 5.41) is 9.12. The normalized spacial score (nSPS) is 12.6. The van der Waals surface area contributed by atoms with Crippen molar-refractivity contribution in [3.8, 4) is 0 Å². The van der Waals surface area contributed by atoms with Crippen LogP contribution in [0.15, 0.2) is 41.1 Å². The number of aromatic nitrogens is 1. The zero-order valence-electron chi connectivity index (χ0n) is 10.9. The Kier molecular flexibility index (Phi) is 3.97. The lowest BCUT2D eigenvalue weighted by atomic mass is 10.1. The van der Waals surface area contributed by atoms with E-state index in [9.17, 15) is 4.79 Å². The van der Waals surface area contributed by atoms with Gasteiger partial charge in [-0.25, -0.2) is 4.79 Å². The van der Waals surface area contributed by atoms with E-state index in [2.05, 4.69) is 4.98 Å². The van der Waals surface area contributed by atoms with E-state index in [0.717, 1.165) is 5.76 Å². The quantitative estimate of drug-likeness (QED) is 0.895. The number of nitrogens with zero attached hydrogens (tertiary/aromatic N) is 2. The number of rotatable bonds is 5. The van der Waals surface area contributed by atoms with Gasteiger partial charge in [0, 0.05) is 12.7 Å². The second kappa shape index (κ2) is 5.67. The first-order chi connectivity index (χ1) is 9.09. The molecule has 0 aliphatic carbocycles. The number of hydrogen-bond acceptors (Lipinski definition) is 4. The molecule has 0 saturated carbocycles. The first kappa shape index (κ1) is 13.3. The van der Waals surface area contributed by atoms with Crippen molar-refractivity contribution in [2.24, 2.45) is 0 Å². The fraction of sp³-hybridized carbons (Fsp3) is 0.286. The second-order valence-corrected chi connectivity index (χ2v) is 4.41. The molecule has 0 aromatic carbocycles. The summed E-state index contributed by atoms with van der Waals surface area (Å²) in [5.41, 5.74) is 0.789. The summed E-state index contributed by atoms with van der Waals surface area (Å²) in [6, 6.07) is 6.98. The number of hydrogen-bond donors (Lipinski definition) is 1. The standard InChI is InChI=1S/C14H16N2O3/c1-10(13-6-4-8-19-13)16(2)9-12-11(14(17)18)5-3-7-15-12/h3-8,10H,9H2,1-2H3,(H,17,18)/t10-/m1/s1. The lowest BCUT2D eigenvalue weighted by molar-refractivity contribution is 0.0693. The molecule has 0 bridgehead atoms. The molecule has 0 aliphatic rings. The van der Waals surface area contributed by atoms with Crippen molar-refractivity contribution in [2.75, 3.05) is 7.05 Å². The first-order valence-corrected chi connectivity index (χ1v) is 6.00. The van der Waals surface area contributed by atoms with E-state index < -0.39 is 5.97 Å². The zero-order valence-corrected chi connectivity index (χ0v) is 10.9. The summed E-state index contributed by atoms with van der Waals surface area (Å²) in [6.07, 6.45) is 3.23. The number of carboxylic acid groups (broad SMARTS) is 1. The van der Waals surface area contributed by atoms with Gasteiger partial charge in [0.25, 0.3) is 0 Å². The Morgan fingerprint density at radius 2 is 2.26 bits per heavy atom. The third-order valence-corrected chi connectivity index (χ3v) is 3.14. The molecule has 0 fully saturated rings. The van der Waals surface area contributed by atoms with Crippen molar-refractivity contribution >= 4 is 5.97 Å². The molecule has 1 N–H and O–H groups in total. The fourth-order valence-electron chi connectivity index (χ4n) is 1.88. The number of pyridine rings is 1. The van der Waals surface area contributed by atoms with Crippen LogP contribution in [0.3, 0.4) is 0 Å². The lowest BCUT2D eigenvalue weighted by Crippen LogP contribution is -2.23. The summed E-state index contributed by atoms with van der Waals surface area (Å²) in [7, 11) is 1.91. The first-order valence-electron chi connectivity index (χ1n) is 6.00. The minimum absolute atomic E-state index is 0.0543. The second-order valence-electron chi connectivity index (χ2n) is 4.41. The molecule has 2 rings (SSSR count). The van der Waals surface area contributed by atoms with E-state index >= 15 is 0 Å². The van der Waals surface area contributed by atoms with Crippen LogP contribution in [-0.4, -0.2) is 28.0 Å².